The van der Waals surface area contributed by atoms with E-state index < -0.39 is 17.4 Å². The summed E-state index contributed by atoms with van der Waals surface area (Å²) in [5.41, 5.74) is -0.835. The van der Waals surface area contributed by atoms with Crippen LogP contribution in [0, 0.1) is 0 Å². The number of aliphatic carboxylic acids is 1. The van der Waals surface area contributed by atoms with Gasteiger partial charge in [0.15, 0.2) is 0 Å². The van der Waals surface area contributed by atoms with Crippen molar-refractivity contribution in [1.29, 1.82) is 0 Å². The van der Waals surface area contributed by atoms with E-state index in [9.17, 15) is 9.59 Å². The van der Waals surface area contributed by atoms with Crippen molar-refractivity contribution in [2.75, 3.05) is 11.9 Å². The van der Waals surface area contributed by atoms with Crippen LogP contribution in [0.4, 0.5) is 5.69 Å². The van der Waals surface area contributed by atoms with Crippen molar-refractivity contribution in [2.45, 2.75) is 25.8 Å². The molecule has 0 bridgehead atoms. The molecule has 0 aromatic heterocycles. The van der Waals surface area contributed by atoms with Crippen molar-refractivity contribution < 1.29 is 14.7 Å². The first kappa shape index (κ1) is 16.8. The van der Waals surface area contributed by atoms with Crippen LogP contribution >= 0.6 is 23.2 Å². The summed E-state index contributed by atoms with van der Waals surface area (Å²) in [6.07, 6.45) is 0.350. The Morgan fingerprint density at radius 3 is 2.30 bits per heavy atom. The van der Waals surface area contributed by atoms with Gasteiger partial charge in [-0.2, -0.15) is 0 Å². The van der Waals surface area contributed by atoms with Gasteiger partial charge in [0.05, 0.1) is 22.3 Å². The summed E-state index contributed by atoms with van der Waals surface area (Å²) in [6.45, 7) is 3.09. The van der Waals surface area contributed by atoms with E-state index in [0.717, 1.165) is 0 Å². The second kappa shape index (κ2) is 6.92. The molecule has 1 aromatic rings. The van der Waals surface area contributed by atoms with E-state index in [0.29, 0.717) is 22.2 Å². The van der Waals surface area contributed by atoms with Crippen molar-refractivity contribution in [3.8, 4) is 0 Å². The lowest BCUT2D eigenvalue weighted by molar-refractivity contribution is -0.144. The van der Waals surface area contributed by atoms with Crippen molar-refractivity contribution in [1.82, 2.24) is 5.32 Å². The summed E-state index contributed by atoms with van der Waals surface area (Å²) >= 11 is 11.9. The van der Waals surface area contributed by atoms with E-state index in [2.05, 4.69) is 10.6 Å². The maximum absolute atomic E-state index is 11.8. The number of nitrogens with one attached hydrogen (secondary N) is 2. The van der Waals surface area contributed by atoms with Crippen LogP contribution in [0.15, 0.2) is 18.2 Å². The lowest BCUT2D eigenvalue weighted by Crippen LogP contribution is -2.51. The highest BCUT2D eigenvalue weighted by Crippen LogP contribution is 2.29. The van der Waals surface area contributed by atoms with E-state index in [1.54, 1.807) is 25.1 Å². The second-order valence-electron chi connectivity index (χ2n) is 4.49. The molecule has 20 heavy (non-hydrogen) atoms. The smallest absolute Gasteiger partial charge is 0.323 e. The Balaban J connectivity index is 2.67. The number of halogens is 2. The summed E-state index contributed by atoms with van der Waals surface area (Å²) in [5, 5.41) is 15.0. The number of rotatable bonds is 6. The third kappa shape index (κ3) is 4.10. The van der Waals surface area contributed by atoms with E-state index >= 15 is 0 Å². The van der Waals surface area contributed by atoms with Crippen LogP contribution in [0.2, 0.25) is 10.0 Å². The van der Waals surface area contributed by atoms with Crippen LogP contribution in [0.1, 0.15) is 20.3 Å². The average molecular weight is 319 g/mol. The first-order valence-electron chi connectivity index (χ1n) is 6.02. The van der Waals surface area contributed by atoms with Crippen LogP contribution in [0.25, 0.3) is 0 Å². The largest absolute Gasteiger partial charge is 0.480 e. The monoisotopic (exact) mass is 318 g/mol. The predicted octanol–water partition coefficient (Wildman–Crippen LogP) is 2.77. The van der Waals surface area contributed by atoms with Gasteiger partial charge in [0.25, 0.3) is 0 Å². The average Bonchev–Trinajstić information content (AvgIpc) is 2.40. The molecule has 0 aliphatic heterocycles. The molecule has 1 unspecified atom stereocenters. The molecular formula is C13H16Cl2N2O3. The zero-order valence-corrected chi connectivity index (χ0v) is 12.7. The van der Waals surface area contributed by atoms with Gasteiger partial charge in [-0.1, -0.05) is 36.2 Å². The first-order chi connectivity index (χ1) is 9.30. The number of benzene rings is 1. The number of hydrogen-bond donors (Lipinski definition) is 3. The topological polar surface area (TPSA) is 78.4 Å². The van der Waals surface area contributed by atoms with Crippen LogP contribution in [-0.2, 0) is 9.59 Å². The van der Waals surface area contributed by atoms with Crippen LogP contribution in [0.5, 0.6) is 0 Å². The Bertz CT molecular complexity index is 502. The quantitative estimate of drug-likeness (QED) is 0.753. The fourth-order valence-electron chi connectivity index (χ4n) is 1.43. The molecule has 7 heteroatoms. The Kier molecular flexibility index (Phi) is 5.80. The molecule has 110 valence electrons. The highest BCUT2D eigenvalue weighted by Gasteiger charge is 2.30. The van der Waals surface area contributed by atoms with Gasteiger partial charge >= 0.3 is 5.97 Å². The SMILES string of the molecule is CCC(C)(NCC(=O)Nc1c(Cl)cccc1Cl)C(=O)O. The molecule has 0 aliphatic carbocycles. The molecule has 1 amide bonds. The van der Waals surface area contributed by atoms with E-state index in [1.807, 2.05) is 0 Å². The minimum Gasteiger partial charge on any atom is -0.480 e. The summed E-state index contributed by atoms with van der Waals surface area (Å²) in [4.78, 5) is 22.9. The molecule has 5 nitrogen and oxygen atoms in total. The van der Waals surface area contributed by atoms with Crippen LogP contribution in [0.3, 0.4) is 0 Å². The number of hydrogen-bond acceptors (Lipinski definition) is 3. The Morgan fingerprint density at radius 2 is 1.85 bits per heavy atom. The first-order valence-corrected chi connectivity index (χ1v) is 6.78. The van der Waals surface area contributed by atoms with E-state index in [4.69, 9.17) is 28.3 Å². The molecule has 0 spiro atoms. The van der Waals surface area contributed by atoms with Gasteiger partial charge in [-0.15, -0.1) is 0 Å². The lowest BCUT2D eigenvalue weighted by atomic mass is 9.99. The van der Waals surface area contributed by atoms with Gasteiger partial charge in [0.2, 0.25) is 5.91 Å². The fraction of sp³-hybridized carbons (Fsp3) is 0.385. The molecule has 0 fully saturated rings. The standard InChI is InChI=1S/C13H16Cl2N2O3/c1-3-13(2,12(19)20)16-7-10(18)17-11-8(14)5-4-6-9(11)15/h4-6,16H,3,7H2,1-2H3,(H,17,18)(H,19,20). The second-order valence-corrected chi connectivity index (χ2v) is 5.30. The maximum atomic E-state index is 11.8. The van der Waals surface area contributed by atoms with Crippen molar-refractivity contribution in [2.24, 2.45) is 0 Å². The van der Waals surface area contributed by atoms with Gasteiger partial charge in [-0.25, -0.2) is 0 Å². The maximum Gasteiger partial charge on any atom is 0.323 e. The molecule has 0 radical (unpaired) electrons. The molecule has 0 heterocycles. The highest BCUT2D eigenvalue weighted by molar-refractivity contribution is 6.39. The van der Waals surface area contributed by atoms with Crippen molar-refractivity contribution >= 4 is 40.8 Å². The number of carboxylic acids is 1. The molecule has 0 aliphatic rings. The van der Waals surface area contributed by atoms with Gasteiger partial charge < -0.3 is 10.4 Å². The third-order valence-electron chi connectivity index (χ3n) is 3.05. The molecule has 1 aromatic carbocycles. The minimum absolute atomic E-state index is 0.155. The molecule has 1 rings (SSSR count). The molecule has 0 saturated heterocycles. The summed E-state index contributed by atoms with van der Waals surface area (Å²) < 4.78 is 0. The predicted molar refractivity (Wildman–Crippen MR) is 79.4 cm³/mol. The Labute approximate surface area is 127 Å². The molecular weight excluding hydrogens is 303 g/mol. The van der Waals surface area contributed by atoms with Gasteiger partial charge in [-0.3, -0.25) is 14.9 Å². The summed E-state index contributed by atoms with van der Waals surface area (Å²) in [6, 6.07) is 4.87. The van der Waals surface area contributed by atoms with Gasteiger partial charge in [0.1, 0.15) is 5.54 Å². The number of amides is 1. The van der Waals surface area contributed by atoms with Gasteiger partial charge in [-0.05, 0) is 25.5 Å². The van der Waals surface area contributed by atoms with E-state index in [-0.39, 0.29) is 6.54 Å². The van der Waals surface area contributed by atoms with Crippen molar-refractivity contribution in [3.63, 3.8) is 0 Å². The van der Waals surface area contributed by atoms with Gasteiger partial charge in [0, 0.05) is 0 Å². The summed E-state index contributed by atoms with van der Waals surface area (Å²) in [5.74, 6) is -1.43. The third-order valence-corrected chi connectivity index (χ3v) is 3.68. The zero-order chi connectivity index (χ0) is 15.3. The molecule has 3 N–H and O–H groups in total. The minimum atomic E-state index is -1.15. The van der Waals surface area contributed by atoms with E-state index in [1.165, 1.54) is 6.92 Å². The van der Waals surface area contributed by atoms with Crippen molar-refractivity contribution in [3.05, 3.63) is 28.2 Å². The summed E-state index contributed by atoms with van der Waals surface area (Å²) in [7, 11) is 0. The van der Waals surface area contributed by atoms with Crippen LogP contribution < -0.4 is 10.6 Å². The molecule has 1 atom stereocenters. The zero-order valence-electron chi connectivity index (χ0n) is 11.2. The Hall–Kier alpha value is -1.30. The highest BCUT2D eigenvalue weighted by atomic mass is 35.5. The normalized spacial score (nSPS) is 13.6. The number of carboxylic acid groups (broad SMARTS) is 1. The number of para-hydroxylation sites is 1. The van der Waals surface area contributed by atoms with Crippen LogP contribution in [-0.4, -0.2) is 29.1 Å². The fourth-order valence-corrected chi connectivity index (χ4v) is 1.92. The molecule has 0 saturated carbocycles. The number of carbonyl (C=O) groups is 2. The number of carbonyl (C=O) groups excluding carboxylic acids is 1. The Morgan fingerprint density at radius 1 is 1.30 bits per heavy atom. The number of anilines is 1. The lowest BCUT2D eigenvalue weighted by Gasteiger charge is -2.24.